The van der Waals surface area contributed by atoms with Gasteiger partial charge in [-0.3, -0.25) is 0 Å². The smallest absolute Gasteiger partial charge is 0.0605 e. The molecule has 94 valence electrons. The fraction of sp³-hybridized carbons (Fsp3) is 0.538. The van der Waals surface area contributed by atoms with Gasteiger partial charge in [-0.1, -0.05) is 17.7 Å². The lowest BCUT2D eigenvalue weighted by Crippen LogP contribution is -2.37. The van der Waals surface area contributed by atoms with Crippen LogP contribution in [0.25, 0.3) is 0 Å². The largest absolute Gasteiger partial charge is 0.381 e. The van der Waals surface area contributed by atoms with Gasteiger partial charge in [0.2, 0.25) is 0 Å². The van der Waals surface area contributed by atoms with Crippen LogP contribution < -0.4 is 10.6 Å². The van der Waals surface area contributed by atoms with Crippen LogP contribution in [0.4, 0.5) is 5.69 Å². The number of methoxy groups -OCH3 is 1. The molecule has 0 aromatic heterocycles. The molecule has 0 spiro atoms. The Labute approximate surface area is 107 Å². The summed E-state index contributed by atoms with van der Waals surface area (Å²) in [7, 11) is 1.78. The van der Waals surface area contributed by atoms with Gasteiger partial charge < -0.3 is 15.4 Å². The molecule has 0 unspecified atom stereocenters. The Bertz CT molecular complexity index is 376. The second-order valence-corrected chi connectivity index (χ2v) is 4.77. The van der Waals surface area contributed by atoms with E-state index in [0.29, 0.717) is 12.6 Å². The van der Waals surface area contributed by atoms with Crippen molar-refractivity contribution >= 4 is 17.3 Å². The number of hydrogen-bond acceptors (Lipinski definition) is 3. The normalized spacial score (nSPS) is 17.5. The summed E-state index contributed by atoms with van der Waals surface area (Å²) in [6.07, 6.45) is 2.52. The number of piperidine rings is 1. The topological polar surface area (TPSA) is 38.5 Å². The van der Waals surface area contributed by atoms with Gasteiger partial charge >= 0.3 is 0 Å². The Kier molecular flexibility index (Phi) is 4.26. The van der Waals surface area contributed by atoms with Crippen LogP contribution in [0.5, 0.6) is 0 Å². The zero-order valence-corrected chi connectivity index (χ0v) is 10.9. The summed E-state index contributed by atoms with van der Waals surface area (Å²) < 4.78 is 5.38. The highest BCUT2D eigenvalue weighted by atomic mass is 35.5. The van der Waals surface area contributed by atoms with Crippen molar-refractivity contribution in [3.8, 4) is 0 Å². The lowest BCUT2D eigenvalue weighted by Gasteiger charge is -2.34. The SMILES string of the molecule is COC1CCN(c2cccc(Cl)c2CN)CC1. The monoisotopic (exact) mass is 254 g/mol. The molecule has 1 saturated heterocycles. The first-order valence-corrected chi connectivity index (χ1v) is 6.39. The molecule has 0 radical (unpaired) electrons. The number of nitrogens with zero attached hydrogens (tertiary/aromatic N) is 1. The number of rotatable bonds is 3. The molecule has 2 rings (SSSR count). The minimum absolute atomic E-state index is 0.395. The maximum atomic E-state index is 6.17. The van der Waals surface area contributed by atoms with Gasteiger partial charge in [-0.15, -0.1) is 0 Å². The van der Waals surface area contributed by atoms with Gasteiger partial charge in [0.05, 0.1) is 6.10 Å². The summed E-state index contributed by atoms with van der Waals surface area (Å²) in [4.78, 5) is 2.35. The molecule has 1 aromatic carbocycles. The van der Waals surface area contributed by atoms with Gasteiger partial charge in [0, 0.05) is 43.0 Å². The molecule has 3 nitrogen and oxygen atoms in total. The minimum atomic E-state index is 0.395. The maximum absolute atomic E-state index is 6.17. The first kappa shape index (κ1) is 12.7. The lowest BCUT2D eigenvalue weighted by molar-refractivity contribution is 0.0819. The predicted molar refractivity (Wildman–Crippen MR) is 71.6 cm³/mol. The third-order valence-electron chi connectivity index (χ3n) is 3.41. The van der Waals surface area contributed by atoms with E-state index < -0.39 is 0 Å². The molecule has 1 fully saturated rings. The van der Waals surface area contributed by atoms with Crippen LogP contribution in [0.1, 0.15) is 18.4 Å². The molecule has 0 bridgehead atoms. The summed E-state index contributed by atoms with van der Waals surface area (Å²) in [5, 5.41) is 0.763. The zero-order valence-electron chi connectivity index (χ0n) is 10.2. The Morgan fingerprint density at radius 2 is 2.12 bits per heavy atom. The molecule has 0 amide bonds. The molecule has 4 heteroatoms. The molecule has 0 saturated carbocycles. The Hall–Kier alpha value is -0.770. The van der Waals surface area contributed by atoms with Gasteiger partial charge in [0.1, 0.15) is 0 Å². The van der Waals surface area contributed by atoms with Crippen molar-refractivity contribution in [2.75, 3.05) is 25.1 Å². The number of anilines is 1. The van der Waals surface area contributed by atoms with Gasteiger partial charge in [-0.25, -0.2) is 0 Å². The molecule has 0 aliphatic carbocycles. The van der Waals surface area contributed by atoms with E-state index in [9.17, 15) is 0 Å². The van der Waals surface area contributed by atoms with Gasteiger partial charge in [-0.05, 0) is 25.0 Å². The molecular formula is C13H19ClN2O. The first-order valence-electron chi connectivity index (χ1n) is 6.01. The van der Waals surface area contributed by atoms with Crippen molar-refractivity contribution in [2.24, 2.45) is 5.73 Å². The fourth-order valence-corrected chi connectivity index (χ4v) is 2.62. The summed E-state index contributed by atoms with van der Waals surface area (Å²) in [5.41, 5.74) is 8.00. The Balaban J connectivity index is 2.15. The second kappa shape index (κ2) is 5.71. The average Bonchev–Trinajstić information content (AvgIpc) is 2.38. The van der Waals surface area contributed by atoms with Crippen LogP contribution in [0.15, 0.2) is 18.2 Å². The standard InChI is InChI=1S/C13H19ClN2O/c1-17-10-5-7-16(8-6-10)13-4-2-3-12(14)11(13)9-15/h2-4,10H,5-9,15H2,1H3. The highest BCUT2D eigenvalue weighted by Gasteiger charge is 2.20. The van der Waals surface area contributed by atoms with E-state index in [1.807, 2.05) is 12.1 Å². The van der Waals surface area contributed by atoms with E-state index >= 15 is 0 Å². The fourth-order valence-electron chi connectivity index (χ4n) is 2.38. The second-order valence-electron chi connectivity index (χ2n) is 4.36. The van der Waals surface area contributed by atoms with Crippen molar-refractivity contribution in [1.29, 1.82) is 0 Å². The van der Waals surface area contributed by atoms with E-state index in [1.165, 1.54) is 5.69 Å². The van der Waals surface area contributed by atoms with Crippen LogP contribution in [-0.2, 0) is 11.3 Å². The summed E-state index contributed by atoms with van der Waals surface area (Å²) >= 11 is 6.17. The quantitative estimate of drug-likeness (QED) is 0.900. The van der Waals surface area contributed by atoms with Gasteiger partial charge in [-0.2, -0.15) is 0 Å². The highest BCUT2D eigenvalue weighted by molar-refractivity contribution is 6.31. The van der Waals surface area contributed by atoms with Crippen LogP contribution >= 0.6 is 11.6 Å². The van der Waals surface area contributed by atoms with Crippen LogP contribution in [0.2, 0.25) is 5.02 Å². The number of halogens is 1. The minimum Gasteiger partial charge on any atom is -0.381 e. The van der Waals surface area contributed by atoms with Crippen molar-refractivity contribution in [1.82, 2.24) is 0 Å². The predicted octanol–water partition coefficient (Wildman–Crippen LogP) is 2.41. The Morgan fingerprint density at radius 3 is 2.71 bits per heavy atom. The molecular weight excluding hydrogens is 236 g/mol. The van der Waals surface area contributed by atoms with Crippen molar-refractivity contribution in [3.63, 3.8) is 0 Å². The number of hydrogen-bond donors (Lipinski definition) is 1. The average molecular weight is 255 g/mol. The van der Waals surface area contributed by atoms with Crippen molar-refractivity contribution < 1.29 is 4.74 Å². The van der Waals surface area contributed by atoms with Gasteiger partial charge in [0.25, 0.3) is 0 Å². The Morgan fingerprint density at radius 1 is 1.41 bits per heavy atom. The first-order chi connectivity index (χ1) is 8.26. The van der Waals surface area contributed by atoms with E-state index in [-0.39, 0.29) is 0 Å². The van der Waals surface area contributed by atoms with Crippen LogP contribution in [0, 0.1) is 0 Å². The molecule has 1 aliphatic rings. The van der Waals surface area contributed by atoms with E-state index in [0.717, 1.165) is 36.5 Å². The molecule has 17 heavy (non-hydrogen) atoms. The summed E-state index contributed by atoms with van der Waals surface area (Å²) in [6, 6.07) is 5.98. The zero-order chi connectivity index (χ0) is 12.3. The number of benzene rings is 1. The third-order valence-corrected chi connectivity index (χ3v) is 3.77. The molecule has 1 aliphatic heterocycles. The molecule has 0 atom stereocenters. The van der Waals surface area contributed by atoms with Crippen LogP contribution in [-0.4, -0.2) is 26.3 Å². The maximum Gasteiger partial charge on any atom is 0.0605 e. The van der Waals surface area contributed by atoms with Crippen LogP contribution in [0.3, 0.4) is 0 Å². The lowest BCUT2D eigenvalue weighted by atomic mass is 10.0. The third kappa shape index (κ3) is 2.73. The molecule has 1 heterocycles. The van der Waals surface area contributed by atoms with Gasteiger partial charge in [0.15, 0.2) is 0 Å². The molecule has 1 aromatic rings. The number of ether oxygens (including phenoxy) is 1. The van der Waals surface area contributed by atoms with E-state index in [2.05, 4.69) is 11.0 Å². The summed E-state index contributed by atoms with van der Waals surface area (Å²) in [5.74, 6) is 0. The highest BCUT2D eigenvalue weighted by Crippen LogP contribution is 2.29. The van der Waals surface area contributed by atoms with E-state index in [4.69, 9.17) is 22.1 Å². The van der Waals surface area contributed by atoms with Crippen molar-refractivity contribution in [3.05, 3.63) is 28.8 Å². The number of nitrogens with two attached hydrogens (primary N) is 1. The molecule has 2 N–H and O–H groups in total. The van der Waals surface area contributed by atoms with E-state index in [1.54, 1.807) is 7.11 Å². The van der Waals surface area contributed by atoms with Crippen molar-refractivity contribution in [2.45, 2.75) is 25.5 Å². The summed E-state index contributed by atoms with van der Waals surface area (Å²) in [6.45, 7) is 2.50.